The molecular formula is C14H18N2O3S2. The molecular weight excluding hydrogens is 308 g/mol. The number of nitrogens with zero attached hydrogens (tertiary/aromatic N) is 2. The van der Waals surface area contributed by atoms with E-state index in [1.165, 1.54) is 11.8 Å². The lowest BCUT2D eigenvalue weighted by Gasteiger charge is -2.12. The van der Waals surface area contributed by atoms with Crippen LogP contribution in [0.5, 0.6) is 0 Å². The van der Waals surface area contributed by atoms with Crippen molar-refractivity contribution in [2.45, 2.75) is 30.8 Å². The molecule has 0 amide bonds. The van der Waals surface area contributed by atoms with Crippen molar-refractivity contribution in [3.8, 4) is 0 Å². The molecule has 1 aromatic carbocycles. The molecule has 0 aliphatic carbocycles. The molecule has 0 saturated heterocycles. The number of hydrogen-bond donors (Lipinski definition) is 1. The summed E-state index contributed by atoms with van der Waals surface area (Å²) in [4.78, 5) is 15.3. The van der Waals surface area contributed by atoms with Crippen LogP contribution in [0.3, 0.4) is 0 Å². The molecule has 0 fully saturated rings. The number of fused-ring (bicyclic) bond motifs is 1. The van der Waals surface area contributed by atoms with Gasteiger partial charge in [-0.1, -0.05) is 17.8 Å². The van der Waals surface area contributed by atoms with Crippen molar-refractivity contribution in [2.75, 3.05) is 12.0 Å². The van der Waals surface area contributed by atoms with Crippen molar-refractivity contribution in [2.24, 2.45) is 0 Å². The molecule has 0 aliphatic heterocycles. The highest BCUT2D eigenvalue weighted by atomic mass is 32.2. The Balaban J connectivity index is 2.43. The maximum atomic E-state index is 11.6. The third-order valence-electron chi connectivity index (χ3n) is 3.20. The maximum Gasteiger partial charge on any atom is 0.313 e. The number of benzene rings is 1. The second-order valence-corrected chi connectivity index (χ2v) is 7.73. The smallest absolute Gasteiger partial charge is 0.313 e. The molecule has 2 unspecified atom stereocenters. The third kappa shape index (κ3) is 3.85. The molecule has 1 N–H and O–H groups in total. The average Bonchev–Trinajstić information content (AvgIpc) is 2.73. The van der Waals surface area contributed by atoms with E-state index in [1.807, 2.05) is 36.6 Å². The number of carboxylic acids is 1. The first-order chi connectivity index (χ1) is 9.88. The van der Waals surface area contributed by atoms with Gasteiger partial charge in [-0.25, -0.2) is 4.98 Å². The van der Waals surface area contributed by atoms with E-state index in [2.05, 4.69) is 4.98 Å². The topological polar surface area (TPSA) is 72.2 Å². The molecule has 0 aliphatic rings. The summed E-state index contributed by atoms with van der Waals surface area (Å²) >= 11 is 1.19. The van der Waals surface area contributed by atoms with E-state index in [1.54, 1.807) is 6.26 Å². The van der Waals surface area contributed by atoms with Crippen LogP contribution < -0.4 is 0 Å². The molecule has 21 heavy (non-hydrogen) atoms. The fourth-order valence-electron chi connectivity index (χ4n) is 1.99. The average molecular weight is 326 g/mol. The van der Waals surface area contributed by atoms with Crippen molar-refractivity contribution in [1.82, 2.24) is 9.55 Å². The monoisotopic (exact) mass is 326 g/mol. The number of carboxylic acid groups (broad SMARTS) is 1. The highest BCUT2D eigenvalue weighted by Gasteiger charge is 2.16. The van der Waals surface area contributed by atoms with E-state index in [0.29, 0.717) is 11.7 Å². The van der Waals surface area contributed by atoms with Gasteiger partial charge in [-0.3, -0.25) is 9.00 Å². The Labute approximate surface area is 130 Å². The van der Waals surface area contributed by atoms with E-state index >= 15 is 0 Å². The first-order valence-electron chi connectivity index (χ1n) is 6.52. The lowest BCUT2D eigenvalue weighted by Crippen LogP contribution is -2.18. The number of aliphatic carboxylic acids is 1. The molecule has 5 nitrogen and oxygen atoms in total. The van der Waals surface area contributed by atoms with Crippen LogP contribution in [-0.2, 0) is 22.1 Å². The Bertz CT molecular complexity index is 697. The predicted molar refractivity (Wildman–Crippen MR) is 86.4 cm³/mol. The van der Waals surface area contributed by atoms with Gasteiger partial charge < -0.3 is 9.67 Å². The fraction of sp³-hybridized carbons (Fsp3) is 0.429. The summed E-state index contributed by atoms with van der Waals surface area (Å²) in [7, 11) is -0.937. The summed E-state index contributed by atoms with van der Waals surface area (Å²) in [6.07, 6.45) is 1.68. The summed E-state index contributed by atoms with van der Waals surface area (Å²) in [6, 6.07) is 5.96. The number of hydrogen-bond acceptors (Lipinski definition) is 4. The Kier molecular flexibility index (Phi) is 5.05. The third-order valence-corrected chi connectivity index (χ3v) is 5.44. The van der Waals surface area contributed by atoms with E-state index in [-0.39, 0.29) is 11.0 Å². The Morgan fingerprint density at radius 2 is 2.24 bits per heavy atom. The molecule has 1 heterocycles. The van der Waals surface area contributed by atoms with Crippen LogP contribution in [-0.4, -0.2) is 42.1 Å². The number of aromatic nitrogens is 2. The SMILES string of the molecule is Cc1ccc2c(c1)nc(SCC(=O)O)n2CC(C)S(C)=O. The Hall–Kier alpha value is -1.34. The number of carbonyl (C=O) groups is 1. The van der Waals surface area contributed by atoms with Gasteiger partial charge in [-0.15, -0.1) is 0 Å². The van der Waals surface area contributed by atoms with Crippen molar-refractivity contribution in [3.05, 3.63) is 23.8 Å². The second kappa shape index (κ2) is 6.62. The molecule has 2 rings (SSSR count). The highest BCUT2D eigenvalue weighted by molar-refractivity contribution is 7.99. The van der Waals surface area contributed by atoms with Crippen molar-refractivity contribution < 1.29 is 14.1 Å². The van der Waals surface area contributed by atoms with Gasteiger partial charge >= 0.3 is 5.97 Å². The number of imidazole rings is 1. The minimum Gasteiger partial charge on any atom is -0.481 e. The van der Waals surface area contributed by atoms with Gasteiger partial charge in [-0.05, 0) is 31.5 Å². The standard InChI is InChI=1S/C14H18N2O3S2/c1-9-4-5-12-11(6-9)15-14(20-8-13(17)18)16(12)7-10(2)21(3)19/h4-6,10H,7-8H2,1-3H3,(H,17,18). The lowest BCUT2D eigenvalue weighted by atomic mass is 10.2. The van der Waals surface area contributed by atoms with Gasteiger partial charge in [0, 0.05) is 28.9 Å². The van der Waals surface area contributed by atoms with Gasteiger partial charge in [0.05, 0.1) is 16.8 Å². The van der Waals surface area contributed by atoms with Gasteiger partial charge in [0.25, 0.3) is 0 Å². The molecule has 2 aromatic rings. The lowest BCUT2D eigenvalue weighted by molar-refractivity contribution is -0.133. The zero-order valence-corrected chi connectivity index (χ0v) is 13.8. The van der Waals surface area contributed by atoms with Crippen LogP contribution >= 0.6 is 11.8 Å². The molecule has 1 aromatic heterocycles. The summed E-state index contributed by atoms with van der Waals surface area (Å²) in [5.74, 6) is -0.909. The van der Waals surface area contributed by atoms with Gasteiger partial charge in [0.15, 0.2) is 5.16 Å². The molecule has 0 saturated carbocycles. The quantitative estimate of drug-likeness (QED) is 0.825. The Morgan fingerprint density at radius 1 is 1.52 bits per heavy atom. The molecule has 2 atom stereocenters. The Morgan fingerprint density at radius 3 is 2.86 bits per heavy atom. The molecule has 7 heteroatoms. The highest BCUT2D eigenvalue weighted by Crippen LogP contribution is 2.25. The van der Waals surface area contributed by atoms with Crippen LogP contribution in [0.4, 0.5) is 0 Å². The first-order valence-corrected chi connectivity index (χ1v) is 9.13. The van der Waals surface area contributed by atoms with E-state index < -0.39 is 16.8 Å². The summed E-state index contributed by atoms with van der Waals surface area (Å²) < 4.78 is 13.6. The summed E-state index contributed by atoms with van der Waals surface area (Å²) in [5, 5.41) is 9.49. The fourth-order valence-corrected chi connectivity index (χ4v) is 3.10. The van der Waals surface area contributed by atoms with Crippen molar-refractivity contribution >= 4 is 39.6 Å². The largest absolute Gasteiger partial charge is 0.481 e. The van der Waals surface area contributed by atoms with Crippen molar-refractivity contribution in [1.29, 1.82) is 0 Å². The normalized spacial score (nSPS) is 14.2. The number of thioether (sulfide) groups is 1. The van der Waals surface area contributed by atoms with E-state index in [0.717, 1.165) is 16.6 Å². The second-order valence-electron chi connectivity index (χ2n) is 4.99. The van der Waals surface area contributed by atoms with Crippen LogP contribution in [0.15, 0.2) is 23.4 Å². The van der Waals surface area contributed by atoms with Crippen LogP contribution in [0, 0.1) is 6.92 Å². The molecule has 0 spiro atoms. The molecule has 114 valence electrons. The maximum absolute atomic E-state index is 11.6. The summed E-state index contributed by atoms with van der Waals surface area (Å²) in [6.45, 7) is 4.47. The van der Waals surface area contributed by atoms with E-state index in [4.69, 9.17) is 5.11 Å². The zero-order valence-electron chi connectivity index (χ0n) is 12.2. The van der Waals surface area contributed by atoms with E-state index in [9.17, 15) is 9.00 Å². The van der Waals surface area contributed by atoms with Crippen LogP contribution in [0.2, 0.25) is 0 Å². The van der Waals surface area contributed by atoms with Crippen molar-refractivity contribution in [3.63, 3.8) is 0 Å². The summed E-state index contributed by atoms with van der Waals surface area (Å²) in [5.41, 5.74) is 2.90. The number of aryl methyl sites for hydroxylation is 1. The zero-order chi connectivity index (χ0) is 15.6. The van der Waals surface area contributed by atoms with Gasteiger partial charge in [0.2, 0.25) is 0 Å². The molecule has 0 bridgehead atoms. The first kappa shape index (κ1) is 16.0. The minimum absolute atomic E-state index is 0.0205. The minimum atomic E-state index is -0.937. The predicted octanol–water partition coefficient (Wildman–Crippen LogP) is 2.29. The van der Waals surface area contributed by atoms with Gasteiger partial charge in [-0.2, -0.15) is 0 Å². The molecule has 0 radical (unpaired) electrons. The van der Waals surface area contributed by atoms with Gasteiger partial charge in [0.1, 0.15) is 0 Å². The van der Waals surface area contributed by atoms with Crippen LogP contribution in [0.25, 0.3) is 11.0 Å². The number of rotatable bonds is 6. The van der Waals surface area contributed by atoms with Crippen LogP contribution in [0.1, 0.15) is 12.5 Å².